The molecule has 2 unspecified atom stereocenters. The smallest absolute Gasteiger partial charge is 0.125 e. The average molecular weight is 235 g/mol. The highest BCUT2D eigenvalue weighted by molar-refractivity contribution is 5.45. The van der Waals surface area contributed by atoms with Crippen LogP contribution in [0.2, 0.25) is 0 Å². The SMILES string of the molecule is COc1ccc(OC)c(C23CNC(CO2)C3)c1. The Balaban J connectivity index is 2.05. The van der Waals surface area contributed by atoms with Gasteiger partial charge in [0.2, 0.25) is 0 Å². The van der Waals surface area contributed by atoms with Gasteiger partial charge >= 0.3 is 0 Å². The Morgan fingerprint density at radius 1 is 1.35 bits per heavy atom. The molecule has 4 nitrogen and oxygen atoms in total. The molecule has 1 aromatic carbocycles. The van der Waals surface area contributed by atoms with Gasteiger partial charge in [-0.15, -0.1) is 0 Å². The van der Waals surface area contributed by atoms with Crippen molar-refractivity contribution >= 4 is 0 Å². The predicted octanol–water partition coefficient (Wildman–Crippen LogP) is 1.29. The van der Waals surface area contributed by atoms with Crippen molar-refractivity contribution in [2.24, 2.45) is 0 Å². The predicted molar refractivity (Wildman–Crippen MR) is 63.6 cm³/mol. The van der Waals surface area contributed by atoms with Gasteiger partial charge in [-0.2, -0.15) is 0 Å². The molecule has 2 bridgehead atoms. The highest BCUT2D eigenvalue weighted by Crippen LogP contribution is 2.45. The zero-order valence-corrected chi connectivity index (χ0v) is 10.2. The van der Waals surface area contributed by atoms with Crippen LogP contribution < -0.4 is 14.8 Å². The highest BCUT2D eigenvalue weighted by atomic mass is 16.5. The summed E-state index contributed by atoms with van der Waals surface area (Å²) in [4.78, 5) is 0. The van der Waals surface area contributed by atoms with E-state index in [9.17, 15) is 0 Å². The molecular weight excluding hydrogens is 218 g/mol. The zero-order chi connectivity index (χ0) is 11.9. The fraction of sp³-hybridized carbons (Fsp3) is 0.538. The molecule has 0 amide bonds. The van der Waals surface area contributed by atoms with E-state index in [1.54, 1.807) is 14.2 Å². The van der Waals surface area contributed by atoms with E-state index in [0.29, 0.717) is 6.04 Å². The maximum absolute atomic E-state index is 5.97. The van der Waals surface area contributed by atoms with Crippen LogP contribution in [0.3, 0.4) is 0 Å². The number of hydrogen-bond donors (Lipinski definition) is 1. The molecule has 2 atom stereocenters. The lowest BCUT2D eigenvalue weighted by molar-refractivity contribution is -0.0112. The maximum atomic E-state index is 5.97. The van der Waals surface area contributed by atoms with Crippen LogP contribution in [0, 0.1) is 0 Å². The Hall–Kier alpha value is -1.26. The summed E-state index contributed by atoms with van der Waals surface area (Å²) < 4.78 is 16.7. The molecule has 92 valence electrons. The van der Waals surface area contributed by atoms with Gasteiger partial charge in [-0.25, -0.2) is 0 Å². The van der Waals surface area contributed by atoms with Crippen LogP contribution in [0.4, 0.5) is 0 Å². The first kappa shape index (κ1) is 10.9. The number of ether oxygens (including phenoxy) is 3. The van der Waals surface area contributed by atoms with E-state index >= 15 is 0 Å². The first-order valence-corrected chi connectivity index (χ1v) is 5.87. The van der Waals surface area contributed by atoms with E-state index in [0.717, 1.165) is 36.6 Å². The zero-order valence-electron chi connectivity index (χ0n) is 10.2. The molecule has 0 saturated carbocycles. The minimum Gasteiger partial charge on any atom is -0.497 e. The summed E-state index contributed by atoms with van der Waals surface area (Å²) in [5, 5.41) is 3.46. The van der Waals surface area contributed by atoms with Crippen molar-refractivity contribution in [3.05, 3.63) is 23.8 Å². The average Bonchev–Trinajstić information content (AvgIpc) is 2.99. The van der Waals surface area contributed by atoms with Gasteiger partial charge in [-0.05, 0) is 24.6 Å². The summed E-state index contributed by atoms with van der Waals surface area (Å²) in [6.07, 6.45) is 1.01. The number of morpholine rings is 1. The van der Waals surface area contributed by atoms with Crippen LogP contribution in [0.25, 0.3) is 0 Å². The fourth-order valence-corrected chi connectivity index (χ4v) is 2.79. The summed E-state index contributed by atoms with van der Waals surface area (Å²) in [6.45, 7) is 1.63. The normalized spacial score (nSPS) is 30.6. The summed E-state index contributed by atoms with van der Waals surface area (Å²) in [7, 11) is 3.37. The van der Waals surface area contributed by atoms with E-state index in [-0.39, 0.29) is 5.60 Å². The lowest BCUT2D eigenvalue weighted by Crippen LogP contribution is -2.37. The molecule has 2 fully saturated rings. The number of nitrogens with one attached hydrogen (secondary N) is 1. The molecule has 4 heteroatoms. The van der Waals surface area contributed by atoms with Crippen LogP contribution in [0.1, 0.15) is 12.0 Å². The van der Waals surface area contributed by atoms with Gasteiger partial charge in [0.1, 0.15) is 17.1 Å². The number of hydrogen-bond acceptors (Lipinski definition) is 4. The first-order chi connectivity index (χ1) is 8.27. The summed E-state index contributed by atoms with van der Waals surface area (Å²) in [5.41, 5.74) is 0.858. The second-order valence-corrected chi connectivity index (χ2v) is 4.65. The second kappa shape index (κ2) is 3.89. The second-order valence-electron chi connectivity index (χ2n) is 4.65. The molecule has 0 aromatic heterocycles. The molecule has 2 heterocycles. The topological polar surface area (TPSA) is 39.7 Å². The van der Waals surface area contributed by atoms with Crippen LogP contribution >= 0.6 is 0 Å². The van der Waals surface area contributed by atoms with Gasteiger partial charge in [-0.3, -0.25) is 0 Å². The number of fused-ring (bicyclic) bond motifs is 2. The Labute approximate surface area is 101 Å². The van der Waals surface area contributed by atoms with Gasteiger partial charge in [-0.1, -0.05) is 0 Å². The van der Waals surface area contributed by atoms with E-state index in [4.69, 9.17) is 14.2 Å². The number of benzene rings is 1. The van der Waals surface area contributed by atoms with Gasteiger partial charge < -0.3 is 19.5 Å². The third-order valence-electron chi connectivity index (χ3n) is 3.71. The number of methoxy groups -OCH3 is 2. The molecule has 3 rings (SSSR count). The molecule has 1 aromatic rings. The van der Waals surface area contributed by atoms with Crippen LogP contribution in [-0.4, -0.2) is 33.4 Å². The summed E-state index contributed by atoms with van der Waals surface area (Å²) >= 11 is 0. The Morgan fingerprint density at radius 3 is 2.76 bits per heavy atom. The van der Waals surface area contributed by atoms with Crippen molar-refractivity contribution in [2.75, 3.05) is 27.4 Å². The molecule has 2 aliphatic rings. The van der Waals surface area contributed by atoms with Crippen molar-refractivity contribution in [1.29, 1.82) is 0 Å². The third-order valence-corrected chi connectivity index (χ3v) is 3.71. The number of rotatable bonds is 3. The molecule has 1 N–H and O–H groups in total. The highest BCUT2D eigenvalue weighted by Gasteiger charge is 2.49. The van der Waals surface area contributed by atoms with Gasteiger partial charge in [0.05, 0.1) is 20.8 Å². The summed E-state index contributed by atoms with van der Waals surface area (Å²) in [6, 6.07) is 6.35. The Morgan fingerprint density at radius 2 is 2.24 bits per heavy atom. The molecule has 0 spiro atoms. The quantitative estimate of drug-likeness (QED) is 0.857. The first-order valence-electron chi connectivity index (χ1n) is 5.87. The van der Waals surface area contributed by atoms with Crippen LogP contribution in [0.15, 0.2) is 18.2 Å². The van der Waals surface area contributed by atoms with Gasteiger partial charge in [0.25, 0.3) is 0 Å². The Bertz CT molecular complexity index is 425. The molecule has 0 aliphatic carbocycles. The third kappa shape index (κ3) is 1.59. The van der Waals surface area contributed by atoms with E-state index in [1.807, 2.05) is 18.2 Å². The maximum Gasteiger partial charge on any atom is 0.125 e. The minimum absolute atomic E-state index is 0.232. The minimum atomic E-state index is -0.232. The van der Waals surface area contributed by atoms with Gasteiger partial charge in [0, 0.05) is 18.2 Å². The van der Waals surface area contributed by atoms with Crippen molar-refractivity contribution in [1.82, 2.24) is 5.32 Å². The van der Waals surface area contributed by atoms with Crippen LogP contribution in [-0.2, 0) is 10.3 Å². The van der Waals surface area contributed by atoms with E-state index < -0.39 is 0 Å². The standard InChI is InChI=1S/C13H17NO3/c1-15-10-3-4-12(16-2)11(5-10)13-6-9(7-17-13)14-8-13/h3-5,9,14H,6-8H2,1-2H3. The molecule has 2 saturated heterocycles. The Kier molecular flexibility index (Phi) is 2.49. The van der Waals surface area contributed by atoms with Gasteiger partial charge in [0.15, 0.2) is 0 Å². The van der Waals surface area contributed by atoms with E-state index in [2.05, 4.69) is 5.32 Å². The van der Waals surface area contributed by atoms with E-state index in [1.165, 1.54) is 0 Å². The summed E-state index contributed by atoms with van der Waals surface area (Å²) in [5.74, 6) is 1.71. The monoisotopic (exact) mass is 235 g/mol. The lowest BCUT2D eigenvalue weighted by atomic mass is 9.92. The van der Waals surface area contributed by atoms with Crippen molar-refractivity contribution in [2.45, 2.75) is 18.1 Å². The molecule has 0 radical (unpaired) electrons. The molecule has 17 heavy (non-hydrogen) atoms. The molecular formula is C13H17NO3. The van der Waals surface area contributed by atoms with Crippen LogP contribution in [0.5, 0.6) is 11.5 Å². The lowest BCUT2D eigenvalue weighted by Gasteiger charge is -2.29. The molecule has 2 aliphatic heterocycles. The largest absolute Gasteiger partial charge is 0.497 e. The van der Waals surface area contributed by atoms with Crippen molar-refractivity contribution in [3.8, 4) is 11.5 Å². The fourth-order valence-electron chi connectivity index (χ4n) is 2.79. The van der Waals surface area contributed by atoms with Crippen molar-refractivity contribution < 1.29 is 14.2 Å². The van der Waals surface area contributed by atoms with Crippen molar-refractivity contribution in [3.63, 3.8) is 0 Å².